The number of amides is 1. The van der Waals surface area contributed by atoms with Gasteiger partial charge >= 0.3 is 0 Å². The molecule has 0 atom stereocenters. The largest absolute Gasteiger partial charge is 0.318 e. The normalized spacial score (nSPS) is 14.5. The summed E-state index contributed by atoms with van der Waals surface area (Å²) in [6, 6.07) is 11.4. The first-order chi connectivity index (χ1) is 15.7. The van der Waals surface area contributed by atoms with Crippen LogP contribution in [0, 0.1) is 6.92 Å². The van der Waals surface area contributed by atoms with Crippen molar-refractivity contribution in [3.05, 3.63) is 75.1 Å². The predicted molar refractivity (Wildman–Crippen MR) is 123 cm³/mol. The minimum absolute atomic E-state index is 0.0425. The second kappa shape index (κ2) is 8.83. The first kappa shape index (κ1) is 22.7. The molecular formula is C22H25N5O5S. The molecule has 1 fully saturated rings. The quantitative estimate of drug-likeness (QED) is 0.577. The number of aromatic nitrogens is 3. The number of hydrogen-bond acceptors (Lipinski definition) is 5. The highest BCUT2D eigenvalue weighted by Crippen LogP contribution is 2.20. The zero-order chi connectivity index (χ0) is 23.8. The van der Waals surface area contributed by atoms with E-state index in [9.17, 15) is 22.8 Å². The Bertz CT molecular complexity index is 1410. The summed E-state index contributed by atoms with van der Waals surface area (Å²) in [6.07, 6.45) is 2.76. The van der Waals surface area contributed by atoms with Gasteiger partial charge in [0.05, 0.1) is 16.3 Å². The summed E-state index contributed by atoms with van der Waals surface area (Å²) in [7, 11) is -2.03. The Morgan fingerprint density at radius 3 is 2.36 bits per heavy atom. The van der Waals surface area contributed by atoms with E-state index in [1.165, 1.54) is 21.3 Å². The first-order valence-electron chi connectivity index (χ1n) is 10.5. The van der Waals surface area contributed by atoms with Gasteiger partial charge in [-0.2, -0.15) is 4.31 Å². The standard InChI is InChI=1S/C22H25N5O5S/c1-16-21(22(30)27(24(16)2)17-8-4-3-5-9-17)23-19(28)15-25-14-18(10-11-20(25)29)33(31,32)26-12-6-7-13-26/h3-5,8-11,14H,6-7,12-13,15H2,1-2H3,(H,23,28). The fraction of sp³-hybridized carbons (Fsp3) is 0.318. The van der Waals surface area contributed by atoms with Crippen molar-refractivity contribution in [3.8, 4) is 5.69 Å². The molecule has 1 N–H and O–H groups in total. The number of nitrogens with one attached hydrogen (secondary N) is 1. The fourth-order valence-corrected chi connectivity index (χ4v) is 5.45. The van der Waals surface area contributed by atoms with Crippen molar-refractivity contribution in [1.29, 1.82) is 0 Å². The lowest BCUT2D eigenvalue weighted by Crippen LogP contribution is -2.32. The Morgan fingerprint density at radius 2 is 1.70 bits per heavy atom. The molecule has 11 heteroatoms. The van der Waals surface area contributed by atoms with Gasteiger partial charge in [0.2, 0.25) is 15.9 Å². The molecule has 4 rings (SSSR count). The van der Waals surface area contributed by atoms with Crippen LogP contribution in [-0.2, 0) is 28.4 Å². The van der Waals surface area contributed by atoms with E-state index in [0.717, 1.165) is 23.5 Å². The third-order valence-electron chi connectivity index (χ3n) is 5.79. The smallest absolute Gasteiger partial charge is 0.295 e. The maximum atomic E-state index is 13.0. The number of anilines is 1. The van der Waals surface area contributed by atoms with E-state index in [1.807, 2.05) is 6.07 Å². The number of para-hydroxylation sites is 1. The zero-order valence-corrected chi connectivity index (χ0v) is 19.2. The average Bonchev–Trinajstić information content (AvgIpc) is 3.41. The molecule has 1 aliphatic heterocycles. The Hall–Kier alpha value is -3.44. The number of rotatable bonds is 6. The Labute approximate surface area is 190 Å². The highest BCUT2D eigenvalue weighted by atomic mass is 32.2. The Balaban J connectivity index is 1.59. The maximum absolute atomic E-state index is 13.0. The molecule has 0 spiro atoms. The summed E-state index contributed by atoms with van der Waals surface area (Å²) in [6.45, 7) is 2.14. The van der Waals surface area contributed by atoms with Crippen LogP contribution in [0.15, 0.2) is 63.1 Å². The topological polar surface area (TPSA) is 115 Å². The van der Waals surface area contributed by atoms with E-state index in [1.54, 1.807) is 42.9 Å². The molecule has 10 nitrogen and oxygen atoms in total. The van der Waals surface area contributed by atoms with Gasteiger partial charge < -0.3 is 9.88 Å². The number of sulfonamides is 1. The number of carbonyl (C=O) groups is 1. The van der Waals surface area contributed by atoms with E-state index in [4.69, 9.17) is 0 Å². The van der Waals surface area contributed by atoms with Crippen molar-refractivity contribution in [2.75, 3.05) is 18.4 Å². The van der Waals surface area contributed by atoms with E-state index in [-0.39, 0.29) is 10.6 Å². The molecule has 1 amide bonds. The van der Waals surface area contributed by atoms with Crippen molar-refractivity contribution in [1.82, 2.24) is 18.2 Å². The molecule has 3 heterocycles. The van der Waals surface area contributed by atoms with Crippen LogP contribution in [0.5, 0.6) is 0 Å². The molecule has 0 saturated carbocycles. The van der Waals surface area contributed by atoms with E-state index >= 15 is 0 Å². The van der Waals surface area contributed by atoms with Gasteiger partial charge in [-0.15, -0.1) is 0 Å². The lowest BCUT2D eigenvalue weighted by molar-refractivity contribution is -0.116. The summed E-state index contributed by atoms with van der Waals surface area (Å²) < 4.78 is 31.1. The minimum atomic E-state index is -3.73. The van der Waals surface area contributed by atoms with Gasteiger partial charge in [0.1, 0.15) is 12.2 Å². The van der Waals surface area contributed by atoms with Gasteiger partial charge in [-0.05, 0) is 38.0 Å². The number of nitrogens with zero attached hydrogens (tertiary/aromatic N) is 4. The highest BCUT2D eigenvalue weighted by Gasteiger charge is 2.28. The van der Waals surface area contributed by atoms with E-state index < -0.39 is 33.6 Å². The van der Waals surface area contributed by atoms with Crippen LogP contribution < -0.4 is 16.4 Å². The van der Waals surface area contributed by atoms with Crippen molar-refractivity contribution < 1.29 is 13.2 Å². The zero-order valence-electron chi connectivity index (χ0n) is 18.4. The van der Waals surface area contributed by atoms with E-state index in [0.29, 0.717) is 24.5 Å². The number of pyridine rings is 1. The van der Waals surface area contributed by atoms with Crippen LogP contribution in [0.4, 0.5) is 5.69 Å². The third-order valence-corrected chi connectivity index (χ3v) is 7.67. The molecule has 2 aromatic heterocycles. The van der Waals surface area contributed by atoms with Crippen molar-refractivity contribution in [2.24, 2.45) is 7.05 Å². The molecule has 1 aromatic carbocycles. The first-order valence-corrected chi connectivity index (χ1v) is 12.0. The molecule has 3 aromatic rings. The highest BCUT2D eigenvalue weighted by molar-refractivity contribution is 7.89. The van der Waals surface area contributed by atoms with Crippen LogP contribution >= 0.6 is 0 Å². The summed E-state index contributed by atoms with van der Waals surface area (Å²) in [4.78, 5) is 37.9. The van der Waals surface area contributed by atoms with Gasteiger partial charge in [0.25, 0.3) is 11.1 Å². The van der Waals surface area contributed by atoms with Crippen molar-refractivity contribution >= 4 is 21.6 Å². The molecule has 0 unspecified atom stereocenters. The number of hydrogen-bond donors (Lipinski definition) is 1. The SMILES string of the molecule is Cc1c(NC(=O)Cn2cc(S(=O)(=O)N3CCCC3)ccc2=O)c(=O)n(-c2ccccc2)n1C. The van der Waals surface area contributed by atoms with Crippen molar-refractivity contribution in [2.45, 2.75) is 31.2 Å². The second-order valence-corrected chi connectivity index (χ2v) is 9.86. The van der Waals surface area contributed by atoms with Crippen LogP contribution in [0.25, 0.3) is 5.69 Å². The molecular weight excluding hydrogens is 446 g/mol. The molecule has 33 heavy (non-hydrogen) atoms. The summed E-state index contributed by atoms with van der Waals surface area (Å²) in [5, 5.41) is 2.59. The predicted octanol–water partition coefficient (Wildman–Crippen LogP) is 1.07. The lowest BCUT2D eigenvalue weighted by Gasteiger charge is -2.16. The van der Waals surface area contributed by atoms with Gasteiger partial charge in [-0.25, -0.2) is 13.1 Å². The fourth-order valence-electron chi connectivity index (χ4n) is 3.91. The molecule has 1 aliphatic rings. The van der Waals surface area contributed by atoms with Crippen molar-refractivity contribution in [3.63, 3.8) is 0 Å². The molecule has 0 aliphatic carbocycles. The molecule has 0 radical (unpaired) electrons. The molecule has 1 saturated heterocycles. The van der Waals surface area contributed by atoms with E-state index in [2.05, 4.69) is 5.32 Å². The number of benzene rings is 1. The second-order valence-electron chi connectivity index (χ2n) is 7.93. The summed E-state index contributed by atoms with van der Waals surface area (Å²) >= 11 is 0. The van der Waals surface area contributed by atoms with Gasteiger partial charge in [-0.3, -0.25) is 19.1 Å². The van der Waals surface area contributed by atoms with Crippen LogP contribution in [0.1, 0.15) is 18.5 Å². The molecule has 0 bridgehead atoms. The Morgan fingerprint density at radius 1 is 1.03 bits per heavy atom. The molecule has 174 valence electrons. The Kier molecular flexibility index (Phi) is 6.09. The lowest BCUT2D eigenvalue weighted by atomic mass is 10.3. The average molecular weight is 472 g/mol. The summed E-state index contributed by atoms with van der Waals surface area (Å²) in [5.74, 6) is -0.612. The van der Waals surface area contributed by atoms with Crippen LogP contribution in [0.2, 0.25) is 0 Å². The van der Waals surface area contributed by atoms with Crippen LogP contribution in [-0.4, -0.2) is 45.7 Å². The third kappa shape index (κ3) is 4.29. The monoisotopic (exact) mass is 471 g/mol. The minimum Gasteiger partial charge on any atom is -0.318 e. The number of carbonyl (C=O) groups excluding carboxylic acids is 1. The van der Waals surface area contributed by atoms with Gasteiger partial charge in [-0.1, -0.05) is 18.2 Å². The van der Waals surface area contributed by atoms with Gasteiger partial charge in [0.15, 0.2) is 0 Å². The van der Waals surface area contributed by atoms with Gasteiger partial charge in [0, 0.05) is 32.4 Å². The summed E-state index contributed by atoms with van der Waals surface area (Å²) in [5.41, 5.74) is 0.351. The maximum Gasteiger partial charge on any atom is 0.295 e. The van der Waals surface area contributed by atoms with Crippen LogP contribution in [0.3, 0.4) is 0 Å².